The van der Waals surface area contributed by atoms with Gasteiger partial charge in [0, 0.05) is 44.5 Å². The summed E-state index contributed by atoms with van der Waals surface area (Å²) in [5.74, 6) is 1.16. The number of hydrogen-bond acceptors (Lipinski definition) is 5. The number of anilines is 1. The number of aromatic nitrogens is 2. The summed E-state index contributed by atoms with van der Waals surface area (Å²) in [4.78, 5) is 26.0. The second-order valence-corrected chi connectivity index (χ2v) is 8.15. The third kappa shape index (κ3) is 5.32. The first-order chi connectivity index (χ1) is 14.3. The van der Waals surface area contributed by atoms with Crippen molar-refractivity contribution in [2.24, 2.45) is 5.92 Å². The maximum Gasteiger partial charge on any atom is 0.223 e. The van der Waals surface area contributed by atoms with E-state index in [4.69, 9.17) is 0 Å². The minimum atomic E-state index is 0.0807. The van der Waals surface area contributed by atoms with Crippen LogP contribution in [0.3, 0.4) is 0 Å². The van der Waals surface area contributed by atoms with E-state index < -0.39 is 0 Å². The van der Waals surface area contributed by atoms with E-state index in [0.717, 1.165) is 38.3 Å². The van der Waals surface area contributed by atoms with Crippen molar-refractivity contribution in [3.05, 3.63) is 54.0 Å². The average Bonchev–Trinajstić information content (AvgIpc) is 2.80. The molecule has 0 spiro atoms. The third-order valence-corrected chi connectivity index (χ3v) is 6.15. The monoisotopic (exact) mass is 393 g/mol. The molecule has 0 unspecified atom stereocenters. The van der Waals surface area contributed by atoms with Crippen LogP contribution in [0.5, 0.6) is 0 Å². The Labute approximate surface area is 173 Å². The van der Waals surface area contributed by atoms with Crippen LogP contribution in [0, 0.1) is 5.92 Å². The average molecular weight is 394 g/mol. The van der Waals surface area contributed by atoms with Gasteiger partial charge in [-0.2, -0.15) is 0 Å². The molecule has 1 amide bonds. The van der Waals surface area contributed by atoms with Gasteiger partial charge in [0.1, 0.15) is 5.82 Å². The van der Waals surface area contributed by atoms with Crippen LogP contribution < -0.4 is 10.2 Å². The van der Waals surface area contributed by atoms with Crippen molar-refractivity contribution in [1.82, 2.24) is 20.2 Å². The summed E-state index contributed by atoms with van der Waals surface area (Å²) in [6.07, 6.45) is 10.9. The fourth-order valence-electron chi connectivity index (χ4n) is 4.39. The minimum Gasteiger partial charge on any atom is -0.355 e. The van der Waals surface area contributed by atoms with Crippen LogP contribution in [0.15, 0.2) is 42.9 Å². The summed E-state index contributed by atoms with van der Waals surface area (Å²) >= 11 is 0. The van der Waals surface area contributed by atoms with Gasteiger partial charge < -0.3 is 10.2 Å². The standard InChI is InChI=1S/C23H31N5O/c29-23(19-8-14-28(15-9-19)22-17-24-10-11-25-22)26-16-20-6-2-3-7-21(20)18-27-12-4-1-5-13-27/h2-3,6-7,10-11,17,19H,1,4-5,8-9,12-16,18H2,(H,26,29). The Kier molecular flexibility index (Phi) is 6.72. The van der Waals surface area contributed by atoms with Crippen LogP contribution >= 0.6 is 0 Å². The molecule has 154 valence electrons. The van der Waals surface area contributed by atoms with Crippen molar-refractivity contribution in [1.29, 1.82) is 0 Å². The first kappa shape index (κ1) is 19.8. The molecule has 0 atom stereocenters. The zero-order valence-corrected chi connectivity index (χ0v) is 17.1. The topological polar surface area (TPSA) is 61.4 Å². The second kappa shape index (κ2) is 9.83. The van der Waals surface area contributed by atoms with Gasteiger partial charge in [0.25, 0.3) is 0 Å². The lowest BCUT2D eigenvalue weighted by molar-refractivity contribution is -0.125. The quantitative estimate of drug-likeness (QED) is 0.818. The molecule has 1 N–H and O–H groups in total. The second-order valence-electron chi connectivity index (χ2n) is 8.15. The molecule has 0 aliphatic carbocycles. The molecule has 6 nitrogen and oxygen atoms in total. The number of nitrogens with zero attached hydrogens (tertiary/aromatic N) is 4. The van der Waals surface area contributed by atoms with Gasteiger partial charge in [-0.15, -0.1) is 0 Å². The molecule has 1 aromatic carbocycles. The van der Waals surface area contributed by atoms with E-state index >= 15 is 0 Å². The summed E-state index contributed by atoms with van der Waals surface area (Å²) in [6, 6.07) is 8.53. The summed E-state index contributed by atoms with van der Waals surface area (Å²) in [6.45, 7) is 5.68. The highest BCUT2D eigenvalue weighted by atomic mass is 16.1. The highest BCUT2D eigenvalue weighted by molar-refractivity contribution is 5.79. The number of rotatable bonds is 6. The molecule has 2 aliphatic rings. The van der Waals surface area contributed by atoms with Crippen molar-refractivity contribution in [3.63, 3.8) is 0 Å². The van der Waals surface area contributed by atoms with Crippen LogP contribution in [0.25, 0.3) is 0 Å². The highest BCUT2D eigenvalue weighted by Crippen LogP contribution is 2.22. The Bertz CT molecular complexity index is 783. The highest BCUT2D eigenvalue weighted by Gasteiger charge is 2.25. The van der Waals surface area contributed by atoms with Crippen LogP contribution in [0.1, 0.15) is 43.2 Å². The summed E-state index contributed by atoms with van der Waals surface area (Å²) in [5, 5.41) is 3.20. The molecule has 1 aromatic heterocycles. The van der Waals surface area contributed by atoms with Crippen molar-refractivity contribution >= 4 is 11.7 Å². The zero-order valence-electron chi connectivity index (χ0n) is 17.1. The molecule has 2 aromatic rings. The molecule has 6 heteroatoms. The van der Waals surface area contributed by atoms with Gasteiger partial charge in [-0.05, 0) is 49.9 Å². The maximum atomic E-state index is 12.7. The van der Waals surface area contributed by atoms with Crippen LogP contribution in [0.4, 0.5) is 5.82 Å². The van der Waals surface area contributed by atoms with Crippen LogP contribution in [-0.4, -0.2) is 47.0 Å². The molecule has 2 saturated heterocycles. The van der Waals surface area contributed by atoms with Crippen LogP contribution in [-0.2, 0) is 17.9 Å². The van der Waals surface area contributed by atoms with Gasteiger partial charge in [0.15, 0.2) is 0 Å². The van der Waals surface area contributed by atoms with Crippen molar-refractivity contribution in [2.75, 3.05) is 31.1 Å². The Morgan fingerprint density at radius 3 is 2.48 bits per heavy atom. The molecule has 3 heterocycles. The molecule has 4 rings (SSSR count). The van der Waals surface area contributed by atoms with Gasteiger partial charge in [-0.1, -0.05) is 30.7 Å². The van der Waals surface area contributed by atoms with Crippen molar-refractivity contribution < 1.29 is 4.79 Å². The molecular weight excluding hydrogens is 362 g/mol. The Morgan fingerprint density at radius 2 is 1.76 bits per heavy atom. The molecule has 29 heavy (non-hydrogen) atoms. The van der Waals surface area contributed by atoms with E-state index in [1.54, 1.807) is 18.6 Å². The first-order valence-corrected chi connectivity index (χ1v) is 10.9. The van der Waals surface area contributed by atoms with Gasteiger partial charge in [-0.3, -0.25) is 14.7 Å². The molecule has 2 aliphatic heterocycles. The lowest BCUT2D eigenvalue weighted by atomic mass is 9.95. The fraction of sp³-hybridized carbons (Fsp3) is 0.522. The lowest BCUT2D eigenvalue weighted by Crippen LogP contribution is -2.40. The Morgan fingerprint density at radius 1 is 1.00 bits per heavy atom. The maximum absolute atomic E-state index is 12.7. The third-order valence-electron chi connectivity index (χ3n) is 6.15. The Hall–Kier alpha value is -2.47. The number of piperidine rings is 2. The Balaban J connectivity index is 1.28. The van der Waals surface area contributed by atoms with E-state index in [1.807, 2.05) is 0 Å². The van der Waals surface area contributed by atoms with Gasteiger partial charge in [-0.25, -0.2) is 4.98 Å². The number of hydrogen-bond donors (Lipinski definition) is 1. The molecule has 2 fully saturated rings. The number of nitrogens with one attached hydrogen (secondary N) is 1. The normalized spacial score (nSPS) is 18.6. The predicted octanol–water partition coefficient (Wildman–Crippen LogP) is 3.00. The van der Waals surface area contributed by atoms with E-state index in [1.165, 1.54) is 43.5 Å². The van der Waals surface area contributed by atoms with E-state index in [9.17, 15) is 4.79 Å². The van der Waals surface area contributed by atoms with E-state index in [2.05, 4.69) is 49.4 Å². The summed E-state index contributed by atoms with van der Waals surface area (Å²) in [7, 11) is 0. The van der Waals surface area contributed by atoms with E-state index in [-0.39, 0.29) is 11.8 Å². The SMILES string of the molecule is O=C(NCc1ccccc1CN1CCCCC1)C1CCN(c2cnccn2)CC1. The number of amides is 1. The van der Waals surface area contributed by atoms with Crippen molar-refractivity contribution in [2.45, 2.75) is 45.2 Å². The van der Waals surface area contributed by atoms with E-state index in [0.29, 0.717) is 6.54 Å². The van der Waals surface area contributed by atoms with Gasteiger partial charge in [0.05, 0.1) is 6.20 Å². The largest absolute Gasteiger partial charge is 0.355 e. The zero-order chi connectivity index (χ0) is 19.9. The molecule has 0 saturated carbocycles. The molecular formula is C23H31N5O. The number of carbonyl (C=O) groups is 1. The van der Waals surface area contributed by atoms with Crippen LogP contribution in [0.2, 0.25) is 0 Å². The number of likely N-dealkylation sites (tertiary alicyclic amines) is 1. The van der Waals surface area contributed by atoms with Crippen molar-refractivity contribution in [3.8, 4) is 0 Å². The van der Waals surface area contributed by atoms with Gasteiger partial charge >= 0.3 is 0 Å². The summed E-state index contributed by atoms with van der Waals surface area (Å²) < 4.78 is 0. The number of carbonyl (C=O) groups excluding carboxylic acids is 1. The molecule has 0 bridgehead atoms. The summed E-state index contributed by atoms with van der Waals surface area (Å²) in [5.41, 5.74) is 2.58. The molecule has 0 radical (unpaired) electrons. The smallest absolute Gasteiger partial charge is 0.223 e. The number of benzene rings is 1. The first-order valence-electron chi connectivity index (χ1n) is 10.9. The predicted molar refractivity (Wildman–Crippen MR) is 114 cm³/mol. The van der Waals surface area contributed by atoms with Gasteiger partial charge in [0.2, 0.25) is 5.91 Å². The minimum absolute atomic E-state index is 0.0807. The lowest BCUT2D eigenvalue weighted by Gasteiger charge is -2.32. The fourth-order valence-corrected chi connectivity index (χ4v) is 4.39.